The molecule has 0 spiro atoms. The Bertz CT molecular complexity index is 796. The van der Waals surface area contributed by atoms with E-state index in [1.165, 1.54) is 24.8 Å². The summed E-state index contributed by atoms with van der Waals surface area (Å²) < 4.78 is 16.6. The van der Waals surface area contributed by atoms with Gasteiger partial charge in [0.1, 0.15) is 31.3 Å². The first-order valence-electron chi connectivity index (χ1n) is 10.9. The Hall–Kier alpha value is -2.79. The number of benzene rings is 2. The largest absolute Gasteiger partial charge is 0.490 e. The van der Waals surface area contributed by atoms with Crippen molar-refractivity contribution in [3.8, 4) is 11.5 Å². The fourth-order valence-corrected chi connectivity index (χ4v) is 3.04. The highest BCUT2D eigenvalue weighted by Crippen LogP contribution is 2.20. The zero-order valence-electron chi connectivity index (χ0n) is 18.6. The highest BCUT2D eigenvalue weighted by atomic mass is 16.5. The summed E-state index contributed by atoms with van der Waals surface area (Å²) in [4.78, 5) is 11.5. The number of rotatable bonds is 14. The van der Waals surface area contributed by atoms with Crippen LogP contribution in [0.1, 0.15) is 50.2 Å². The van der Waals surface area contributed by atoms with Gasteiger partial charge in [0.25, 0.3) is 0 Å². The Kier molecular flexibility index (Phi) is 10.7. The van der Waals surface area contributed by atoms with Gasteiger partial charge in [-0.3, -0.25) is 0 Å². The summed E-state index contributed by atoms with van der Waals surface area (Å²) >= 11 is 0. The predicted octanol–water partition coefficient (Wildman–Crippen LogP) is 5.07. The Morgan fingerprint density at radius 3 is 2.06 bits per heavy atom. The summed E-state index contributed by atoms with van der Waals surface area (Å²) in [6.45, 7) is 8.22. The van der Waals surface area contributed by atoms with E-state index in [-0.39, 0.29) is 19.1 Å². The van der Waals surface area contributed by atoms with Crippen LogP contribution in [0.4, 0.5) is 0 Å². The molecule has 31 heavy (non-hydrogen) atoms. The lowest BCUT2D eigenvalue weighted by molar-refractivity contribution is -0.139. The van der Waals surface area contributed by atoms with E-state index >= 15 is 0 Å². The molecule has 0 radical (unpaired) electrons. The smallest absolute Gasteiger partial charge is 0.333 e. The average molecular weight is 427 g/mol. The number of aryl methyl sites for hydroxylation is 1. The summed E-state index contributed by atoms with van der Waals surface area (Å²) in [5, 5.41) is 9.59. The van der Waals surface area contributed by atoms with Crippen LogP contribution in [0.15, 0.2) is 60.7 Å². The van der Waals surface area contributed by atoms with Crippen molar-refractivity contribution in [2.45, 2.75) is 45.4 Å². The molecule has 1 unspecified atom stereocenters. The summed E-state index contributed by atoms with van der Waals surface area (Å²) in [5.41, 5.74) is 2.55. The van der Waals surface area contributed by atoms with Crippen LogP contribution in [-0.4, -0.2) is 37.5 Å². The molecule has 1 atom stereocenters. The molecular formula is C26H34O5. The van der Waals surface area contributed by atoms with E-state index in [1.807, 2.05) is 36.4 Å². The molecule has 0 aromatic heterocycles. The predicted molar refractivity (Wildman–Crippen MR) is 123 cm³/mol. The number of esters is 1. The average Bonchev–Trinajstić information content (AvgIpc) is 2.79. The van der Waals surface area contributed by atoms with E-state index in [0.717, 1.165) is 17.7 Å². The van der Waals surface area contributed by atoms with Crippen molar-refractivity contribution in [2.24, 2.45) is 0 Å². The Morgan fingerprint density at radius 1 is 0.968 bits per heavy atom. The second-order valence-corrected chi connectivity index (χ2v) is 7.63. The lowest BCUT2D eigenvalue weighted by atomic mass is 10.0. The molecule has 2 aromatic rings. The molecule has 1 N–H and O–H groups in total. The molecule has 0 bridgehead atoms. The van der Waals surface area contributed by atoms with E-state index in [9.17, 15) is 9.90 Å². The maximum absolute atomic E-state index is 11.5. The summed E-state index contributed by atoms with van der Waals surface area (Å²) in [5.74, 6) is 0.817. The fraction of sp³-hybridized carbons (Fsp3) is 0.423. The fourth-order valence-electron chi connectivity index (χ4n) is 3.04. The third-order valence-electron chi connectivity index (χ3n) is 4.95. The molecule has 0 saturated heterocycles. The maximum atomic E-state index is 11.5. The number of hydrogen-bond acceptors (Lipinski definition) is 5. The van der Waals surface area contributed by atoms with Crippen LogP contribution in [0, 0.1) is 0 Å². The highest BCUT2D eigenvalue weighted by Gasteiger charge is 2.14. The second kappa shape index (κ2) is 13.5. The van der Waals surface area contributed by atoms with Gasteiger partial charge in [-0.2, -0.15) is 0 Å². The number of aliphatic hydroxyl groups excluding tert-OH is 1. The third-order valence-corrected chi connectivity index (χ3v) is 4.95. The molecule has 0 heterocycles. The van der Waals surface area contributed by atoms with Crippen molar-refractivity contribution in [3.63, 3.8) is 0 Å². The van der Waals surface area contributed by atoms with Crippen LogP contribution in [0.5, 0.6) is 11.5 Å². The molecule has 0 aliphatic carbocycles. The van der Waals surface area contributed by atoms with E-state index in [0.29, 0.717) is 24.5 Å². The van der Waals surface area contributed by atoms with Crippen molar-refractivity contribution in [1.29, 1.82) is 0 Å². The summed E-state index contributed by atoms with van der Waals surface area (Å²) in [7, 11) is 0. The molecule has 2 aromatic carbocycles. The van der Waals surface area contributed by atoms with Gasteiger partial charge in [0.15, 0.2) is 0 Å². The molecule has 0 amide bonds. The first-order chi connectivity index (χ1) is 15.0. The molecule has 0 aliphatic rings. The van der Waals surface area contributed by atoms with Crippen LogP contribution in [0.25, 0.3) is 0 Å². The lowest BCUT2D eigenvalue weighted by Crippen LogP contribution is -2.16. The maximum Gasteiger partial charge on any atom is 0.333 e. The monoisotopic (exact) mass is 426 g/mol. The number of hydrogen-bond donors (Lipinski definition) is 1. The number of ether oxygens (including phenoxy) is 3. The number of carbonyl (C=O) groups is 1. The van der Waals surface area contributed by atoms with Gasteiger partial charge in [-0.1, -0.05) is 50.6 Å². The molecule has 0 fully saturated rings. The van der Waals surface area contributed by atoms with E-state index in [4.69, 9.17) is 14.2 Å². The van der Waals surface area contributed by atoms with Gasteiger partial charge < -0.3 is 19.3 Å². The van der Waals surface area contributed by atoms with Crippen LogP contribution in [0.3, 0.4) is 0 Å². The standard InChI is InChI=1S/C26H34O5/c1-4-5-6-7-21-8-12-24(13-9-21)29-16-17-30-25-14-10-22(11-15-25)23(18-27)19-31-26(28)20(2)3/h8-15,23,27H,2,4-7,16-19H2,1,3H3. The van der Waals surface area contributed by atoms with Gasteiger partial charge >= 0.3 is 5.97 Å². The van der Waals surface area contributed by atoms with Gasteiger partial charge in [0.05, 0.1) is 6.61 Å². The van der Waals surface area contributed by atoms with Gasteiger partial charge in [0.2, 0.25) is 0 Å². The molecular weight excluding hydrogens is 392 g/mol. The van der Waals surface area contributed by atoms with E-state index in [1.54, 1.807) is 6.92 Å². The van der Waals surface area contributed by atoms with E-state index < -0.39 is 5.97 Å². The van der Waals surface area contributed by atoms with E-state index in [2.05, 4.69) is 25.6 Å². The zero-order valence-corrected chi connectivity index (χ0v) is 18.6. The number of unbranched alkanes of at least 4 members (excludes halogenated alkanes) is 2. The molecule has 0 aliphatic heterocycles. The SMILES string of the molecule is C=C(C)C(=O)OCC(CO)c1ccc(OCCOc2ccc(CCCCC)cc2)cc1. The van der Waals surface area contributed by atoms with Crippen molar-refractivity contribution >= 4 is 5.97 Å². The Labute approximate surface area is 185 Å². The van der Waals surface area contributed by atoms with Crippen LogP contribution in [-0.2, 0) is 16.0 Å². The topological polar surface area (TPSA) is 65.0 Å². The lowest BCUT2D eigenvalue weighted by Gasteiger charge is -2.15. The quantitative estimate of drug-likeness (QED) is 0.259. The Morgan fingerprint density at radius 2 is 1.55 bits per heavy atom. The molecule has 0 saturated carbocycles. The number of carbonyl (C=O) groups excluding carboxylic acids is 1. The van der Waals surface area contributed by atoms with Crippen molar-refractivity contribution in [3.05, 3.63) is 71.8 Å². The van der Waals surface area contributed by atoms with Crippen molar-refractivity contribution in [2.75, 3.05) is 26.4 Å². The first kappa shape index (κ1) is 24.5. The molecule has 5 heteroatoms. The summed E-state index contributed by atoms with van der Waals surface area (Å²) in [6.07, 6.45) is 4.83. The molecule has 2 rings (SSSR count). The Balaban J connectivity index is 1.72. The minimum Gasteiger partial charge on any atom is -0.490 e. The van der Waals surface area contributed by atoms with Crippen LogP contribution in [0.2, 0.25) is 0 Å². The summed E-state index contributed by atoms with van der Waals surface area (Å²) in [6, 6.07) is 15.7. The third kappa shape index (κ3) is 8.85. The number of aliphatic hydroxyl groups is 1. The van der Waals surface area contributed by atoms with Gasteiger partial charge in [-0.05, 0) is 55.2 Å². The highest BCUT2D eigenvalue weighted by molar-refractivity contribution is 5.86. The zero-order chi connectivity index (χ0) is 22.5. The second-order valence-electron chi connectivity index (χ2n) is 7.63. The minimum atomic E-state index is -0.454. The van der Waals surface area contributed by atoms with Crippen LogP contribution < -0.4 is 9.47 Å². The molecule has 5 nitrogen and oxygen atoms in total. The van der Waals surface area contributed by atoms with Gasteiger partial charge in [-0.15, -0.1) is 0 Å². The van der Waals surface area contributed by atoms with Gasteiger partial charge in [0, 0.05) is 11.5 Å². The van der Waals surface area contributed by atoms with Gasteiger partial charge in [-0.25, -0.2) is 4.79 Å². The van der Waals surface area contributed by atoms with Crippen LogP contribution >= 0.6 is 0 Å². The van der Waals surface area contributed by atoms with Crippen molar-refractivity contribution in [1.82, 2.24) is 0 Å². The minimum absolute atomic E-state index is 0.105. The normalized spacial score (nSPS) is 11.6. The van der Waals surface area contributed by atoms with Crippen molar-refractivity contribution < 1.29 is 24.1 Å². The first-order valence-corrected chi connectivity index (χ1v) is 10.9. The molecule has 168 valence electrons.